The van der Waals surface area contributed by atoms with Crippen molar-refractivity contribution < 1.29 is 23.4 Å². The number of carbonyl (C=O) groups is 1. The number of hydrogen-bond donors (Lipinski definition) is 3. The first kappa shape index (κ1) is 25.6. The number of rotatable bonds is 8. The van der Waals surface area contributed by atoms with Gasteiger partial charge < -0.3 is 25.4 Å². The SMILES string of the molecule is COCCCC[C@@](O)(c1cccc(Cl)c1)[C@@H]1CCCN(C(=O)N[C@@H]2CNC3C(C2)CC3(F)F)C1. The highest BCUT2D eigenvalue weighted by Gasteiger charge is 2.57. The van der Waals surface area contributed by atoms with Crippen LogP contribution in [-0.2, 0) is 10.3 Å². The molecule has 1 saturated carbocycles. The summed E-state index contributed by atoms with van der Waals surface area (Å²) in [6, 6.07) is 6.25. The number of benzene rings is 1. The van der Waals surface area contributed by atoms with Crippen molar-refractivity contribution in [1.29, 1.82) is 0 Å². The molecule has 34 heavy (non-hydrogen) atoms. The first-order valence-corrected chi connectivity index (χ1v) is 12.7. The lowest BCUT2D eigenvalue weighted by atomic mass is 9.70. The molecule has 0 bridgehead atoms. The molecule has 2 saturated heterocycles. The first-order chi connectivity index (χ1) is 16.2. The number of alkyl halides is 2. The minimum atomic E-state index is -2.63. The van der Waals surface area contributed by atoms with Gasteiger partial charge in [0.05, 0.1) is 11.6 Å². The van der Waals surface area contributed by atoms with Crippen LogP contribution >= 0.6 is 11.6 Å². The Labute approximate surface area is 205 Å². The van der Waals surface area contributed by atoms with Crippen LogP contribution in [0.2, 0.25) is 5.02 Å². The molecule has 2 aliphatic heterocycles. The van der Waals surface area contributed by atoms with Gasteiger partial charge in [-0.05, 0) is 62.1 Å². The fourth-order valence-corrected chi connectivity index (χ4v) is 6.13. The summed E-state index contributed by atoms with van der Waals surface area (Å²) in [6.07, 6.45) is 4.24. The molecular formula is C25H36ClF2N3O3. The summed E-state index contributed by atoms with van der Waals surface area (Å²) in [7, 11) is 1.67. The molecule has 9 heteroatoms. The Kier molecular flexibility index (Phi) is 8.02. The van der Waals surface area contributed by atoms with Gasteiger partial charge in [0, 0.05) is 56.8 Å². The summed E-state index contributed by atoms with van der Waals surface area (Å²) in [5.74, 6) is -2.86. The number of carbonyl (C=O) groups excluding carboxylic acids is 1. The molecule has 3 N–H and O–H groups in total. The van der Waals surface area contributed by atoms with Crippen LogP contribution in [0.25, 0.3) is 0 Å². The van der Waals surface area contributed by atoms with Crippen LogP contribution in [0.4, 0.5) is 13.6 Å². The van der Waals surface area contributed by atoms with Crippen LogP contribution < -0.4 is 10.6 Å². The van der Waals surface area contributed by atoms with E-state index in [4.69, 9.17) is 16.3 Å². The molecule has 1 aliphatic carbocycles. The molecule has 2 unspecified atom stereocenters. The maximum absolute atomic E-state index is 13.6. The zero-order valence-corrected chi connectivity index (χ0v) is 20.5. The molecule has 2 amide bonds. The molecule has 5 atom stereocenters. The van der Waals surface area contributed by atoms with Crippen LogP contribution in [0.5, 0.6) is 0 Å². The molecule has 1 aromatic rings. The number of piperidine rings is 2. The van der Waals surface area contributed by atoms with Gasteiger partial charge in [0.15, 0.2) is 0 Å². The van der Waals surface area contributed by atoms with Crippen molar-refractivity contribution in [1.82, 2.24) is 15.5 Å². The number of aliphatic hydroxyl groups is 1. The predicted molar refractivity (Wildman–Crippen MR) is 127 cm³/mol. The van der Waals surface area contributed by atoms with E-state index in [1.54, 1.807) is 18.1 Å². The van der Waals surface area contributed by atoms with E-state index >= 15 is 0 Å². The number of nitrogens with one attached hydrogen (secondary N) is 2. The molecule has 2 heterocycles. The Hall–Kier alpha value is -1.48. The van der Waals surface area contributed by atoms with E-state index in [0.717, 1.165) is 31.2 Å². The van der Waals surface area contributed by atoms with E-state index in [2.05, 4.69) is 10.6 Å². The maximum Gasteiger partial charge on any atom is 0.317 e. The highest BCUT2D eigenvalue weighted by molar-refractivity contribution is 6.30. The average molecular weight is 500 g/mol. The molecule has 0 radical (unpaired) electrons. The van der Waals surface area contributed by atoms with Crippen molar-refractivity contribution in [2.45, 2.75) is 68.6 Å². The molecule has 4 rings (SSSR count). The van der Waals surface area contributed by atoms with E-state index in [9.17, 15) is 18.7 Å². The van der Waals surface area contributed by atoms with Crippen molar-refractivity contribution in [2.24, 2.45) is 11.8 Å². The van der Waals surface area contributed by atoms with Gasteiger partial charge in [-0.1, -0.05) is 23.7 Å². The molecule has 3 aliphatic rings. The largest absolute Gasteiger partial charge is 0.385 e. The fraction of sp³-hybridized carbons (Fsp3) is 0.720. The molecule has 0 aromatic heterocycles. The number of urea groups is 1. The minimum absolute atomic E-state index is 0.0943. The standard InChI is InChI=1S/C25H36ClF2N3O3/c1-34-11-3-2-9-24(33,18-6-4-8-20(26)13-18)19-7-5-10-31(16-19)23(32)30-21-12-17-14-25(27,28)22(17)29-15-21/h4,6,8,13,17,19,21-22,29,33H,2-3,5,7,9-12,14-16H2,1H3,(H,30,32)/t17?,19-,21+,22?,24-/m1/s1. The number of hydrogen-bond acceptors (Lipinski definition) is 4. The van der Waals surface area contributed by atoms with Crippen LogP contribution in [0.15, 0.2) is 24.3 Å². The van der Waals surface area contributed by atoms with Gasteiger partial charge in [-0.15, -0.1) is 0 Å². The van der Waals surface area contributed by atoms with Gasteiger partial charge in [-0.2, -0.15) is 0 Å². The smallest absolute Gasteiger partial charge is 0.317 e. The summed E-state index contributed by atoms with van der Waals surface area (Å²) in [6.45, 7) is 2.03. The van der Waals surface area contributed by atoms with E-state index < -0.39 is 17.6 Å². The summed E-state index contributed by atoms with van der Waals surface area (Å²) >= 11 is 6.25. The van der Waals surface area contributed by atoms with Crippen LogP contribution in [-0.4, -0.2) is 67.4 Å². The monoisotopic (exact) mass is 499 g/mol. The summed E-state index contributed by atoms with van der Waals surface area (Å²) in [4.78, 5) is 14.8. The number of halogens is 3. The highest BCUT2D eigenvalue weighted by Crippen LogP contribution is 2.46. The topological polar surface area (TPSA) is 73.8 Å². The first-order valence-electron chi connectivity index (χ1n) is 12.4. The van der Waals surface area contributed by atoms with Gasteiger partial charge in [0.25, 0.3) is 5.92 Å². The zero-order chi connectivity index (χ0) is 24.3. The molecule has 3 fully saturated rings. The third-order valence-corrected chi connectivity index (χ3v) is 8.06. The van der Waals surface area contributed by atoms with E-state index in [0.29, 0.717) is 44.1 Å². The number of ether oxygens (including phenoxy) is 1. The zero-order valence-electron chi connectivity index (χ0n) is 19.7. The van der Waals surface area contributed by atoms with Crippen molar-refractivity contribution in [3.63, 3.8) is 0 Å². The number of amides is 2. The second kappa shape index (κ2) is 10.6. The lowest BCUT2D eigenvalue weighted by molar-refractivity contribution is -0.157. The Morgan fingerprint density at radius 3 is 2.94 bits per heavy atom. The number of nitrogens with zero attached hydrogens (tertiary/aromatic N) is 1. The number of fused-ring (bicyclic) bond motifs is 1. The van der Waals surface area contributed by atoms with E-state index in [1.807, 2.05) is 18.2 Å². The van der Waals surface area contributed by atoms with Crippen LogP contribution in [0.1, 0.15) is 50.5 Å². The van der Waals surface area contributed by atoms with Gasteiger partial charge in [-0.3, -0.25) is 0 Å². The quantitative estimate of drug-likeness (QED) is 0.470. The van der Waals surface area contributed by atoms with Gasteiger partial charge >= 0.3 is 6.03 Å². The molecular weight excluding hydrogens is 464 g/mol. The lowest BCUT2D eigenvalue weighted by Crippen LogP contribution is -2.67. The van der Waals surface area contributed by atoms with Crippen molar-refractivity contribution >= 4 is 17.6 Å². The summed E-state index contributed by atoms with van der Waals surface area (Å²) in [5, 5.41) is 18.5. The Balaban J connectivity index is 1.40. The molecule has 1 aromatic carbocycles. The van der Waals surface area contributed by atoms with Gasteiger partial charge in [-0.25, -0.2) is 13.6 Å². The van der Waals surface area contributed by atoms with E-state index in [1.165, 1.54) is 0 Å². The third-order valence-electron chi connectivity index (χ3n) is 7.82. The van der Waals surface area contributed by atoms with Crippen molar-refractivity contribution in [3.05, 3.63) is 34.9 Å². The Morgan fingerprint density at radius 2 is 2.24 bits per heavy atom. The normalized spacial score (nSPS) is 30.1. The maximum atomic E-state index is 13.6. The number of methoxy groups -OCH3 is 1. The minimum Gasteiger partial charge on any atom is -0.385 e. The van der Waals surface area contributed by atoms with Gasteiger partial charge in [0.2, 0.25) is 0 Å². The van der Waals surface area contributed by atoms with Crippen molar-refractivity contribution in [3.8, 4) is 0 Å². The van der Waals surface area contributed by atoms with Crippen LogP contribution in [0.3, 0.4) is 0 Å². The lowest BCUT2D eigenvalue weighted by Gasteiger charge is -2.50. The summed E-state index contributed by atoms with van der Waals surface area (Å²) < 4.78 is 32.4. The molecule has 190 valence electrons. The van der Waals surface area contributed by atoms with Crippen molar-refractivity contribution in [2.75, 3.05) is 33.4 Å². The second-order valence-electron chi connectivity index (χ2n) is 10.2. The number of likely N-dealkylation sites (tertiary alicyclic amines) is 1. The fourth-order valence-electron chi connectivity index (χ4n) is 5.94. The molecule has 0 spiro atoms. The third kappa shape index (κ3) is 5.50. The van der Waals surface area contributed by atoms with Crippen LogP contribution in [0, 0.1) is 11.8 Å². The second-order valence-corrected chi connectivity index (χ2v) is 10.6. The highest BCUT2D eigenvalue weighted by atomic mass is 35.5. The van der Waals surface area contributed by atoms with Gasteiger partial charge in [0.1, 0.15) is 0 Å². The average Bonchev–Trinajstić information content (AvgIpc) is 2.81. The van der Waals surface area contributed by atoms with E-state index in [-0.39, 0.29) is 30.3 Å². The molecule has 6 nitrogen and oxygen atoms in total. The summed E-state index contributed by atoms with van der Waals surface area (Å²) in [5.41, 5.74) is -0.326. The predicted octanol–water partition coefficient (Wildman–Crippen LogP) is 4.15. The number of unbranched alkanes of at least 4 members (excludes halogenated alkanes) is 1. The Morgan fingerprint density at radius 1 is 1.41 bits per heavy atom. The Bertz CT molecular complexity index is 860.